The van der Waals surface area contributed by atoms with Crippen LogP contribution in [0.1, 0.15) is 36.7 Å². The Labute approximate surface area is 130 Å². The van der Waals surface area contributed by atoms with Crippen molar-refractivity contribution < 1.29 is 4.92 Å². The second kappa shape index (κ2) is 7.13. The minimum atomic E-state index is -0.369. The van der Waals surface area contributed by atoms with Crippen LogP contribution in [0.15, 0.2) is 42.6 Å². The van der Waals surface area contributed by atoms with Crippen LogP contribution in [-0.2, 0) is 6.54 Å². The van der Waals surface area contributed by atoms with Crippen molar-refractivity contribution in [3.63, 3.8) is 0 Å². The fourth-order valence-corrected chi connectivity index (χ4v) is 2.48. The molecule has 2 aromatic rings. The van der Waals surface area contributed by atoms with Gasteiger partial charge in [0.1, 0.15) is 0 Å². The van der Waals surface area contributed by atoms with Crippen molar-refractivity contribution in [2.45, 2.75) is 33.4 Å². The van der Waals surface area contributed by atoms with Gasteiger partial charge in [0, 0.05) is 24.9 Å². The highest BCUT2D eigenvalue weighted by Crippen LogP contribution is 2.23. The highest BCUT2D eigenvalue weighted by molar-refractivity contribution is 5.34. The summed E-state index contributed by atoms with van der Waals surface area (Å²) in [6.45, 7) is 6.89. The molecule has 116 valence electrons. The van der Waals surface area contributed by atoms with E-state index < -0.39 is 0 Å². The van der Waals surface area contributed by atoms with E-state index in [-0.39, 0.29) is 16.7 Å². The van der Waals surface area contributed by atoms with Crippen molar-refractivity contribution in [1.29, 1.82) is 0 Å². The van der Waals surface area contributed by atoms with Crippen LogP contribution in [0.25, 0.3) is 0 Å². The number of rotatable bonds is 6. The van der Waals surface area contributed by atoms with Gasteiger partial charge in [0.15, 0.2) is 0 Å². The monoisotopic (exact) mass is 299 g/mol. The molecule has 0 spiro atoms. The smallest absolute Gasteiger partial charge is 0.269 e. The van der Waals surface area contributed by atoms with Crippen LogP contribution in [0.3, 0.4) is 0 Å². The average molecular weight is 299 g/mol. The van der Waals surface area contributed by atoms with Crippen molar-refractivity contribution in [1.82, 2.24) is 10.3 Å². The molecule has 1 aromatic carbocycles. The fourth-order valence-electron chi connectivity index (χ4n) is 2.48. The third-order valence-corrected chi connectivity index (χ3v) is 3.66. The van der Waals surface area contributed by atoms with Gasteiger partial charge in [-0.1, -0.05) is 32.0 Å². The van der Waals surface area contributed by atoms with E-state index >= 15 is 0 Å². The molecule has 1 N–H and O–H groups in total. The zero-order valence-electron chi connectivity index (χ0n) is 13.1. The van der Waals surface area contributed by atoms with E-state index in [1.54, 1.807) is 18.3 Å². The Morgan fingerprint density at radius 1 is 1.27 bits per heavy atom. The van der Waals surface area contributed by atoms with Crippen molar-refractivity contribution >= 4 is 5.69 Å². The molecule has 0 radical (unpaired) electrons. The molecule has 0 amide bonds. The summed E-state index contributed by atoms with van der Waals surface area (Å²) in [5.74, 6) is 0.368. The first-order valence-electron chi connectivity index (χ1n) is 7.37. The Kier molecular flexibility index (Phi) is 5.22. The maximum Gasteiger partial charge on any atom is 0.269 e. The first kappa shape index (κ1) is 16.1. The number of nitrogens with one attached hydrogen (secondary N) is 1. The number of benzene rings is 1. The summed E-state index contributed by atoms with van der Waals surface area (Å²) in [5, 5.41) is 14.3. The number of pyridine rings is 1. The van der Waals surface area contributed by atoms with Gasteiger partial charge >= 0.3 is 0 Å². The van der Waals surface area contributed by atoms with Crippen LogP contribution < -0.4 is 5.32 Å². The first-order chi connectivity index (χ1) is 10.5. The van der Waals surface area contributed by atoms with Gasteiger partial charge in [-0.2, -0.15) is 0 Å². The van der Waals surface area contributed by atoms with Gasteiger partial charge in [-0.25, -0.2) is 0 Å². The molecular formula is C17H21N3O2. The standard InChI is InChI=1S/C17H21N3O2/c1-12(2)16(17-13(3)6-5-9-18-17)19-11-14-7-4-8-15(10-14)20(21)22/h4-10,12,16,19H,11H2,1-3H3. The minimum Gasteiger partial charge on any atom is -0.304 e. The van der Waals surface area contributed by atoms with Crippen LogP contribution in [0.2, 0.25) is 0 Å². The summed E-state index contributed by atoms with van der Waals surface area (Å²) < 4.78 is 0. The normalized spacial score (nSPS) is 12.4. The number of aromatic nitrogens is 1. The molecule has 0 aliphatic heterocycles. The lowest BCUT2D eigenvalue weighted by atomic mass is 9.97. The van der Waals surface area contributed by atoms with E-state index in [0.717, 1.165) is 16.8 Å². The molecule has 1 atom stereocenters. The summed E-state index contributed by atoms with van der Waals surface area (Å²) in [6.07, 6.45) is 1.80. The summed E-state index contributed by atoms with van der Waals surface area (Å²) >= 11 is 0. The molecule has 0 fully saturated rings. The van der Waals surface area contributed by atoms with Gasteiger partial charge in [-0.3, -0.25) is 15.1 Å². The lowest BCUT2D eigenvalue weighted by Gasteiger charge is -2.23. The van der Waals surface area contributed by atoms with Gasteiger partial charge in [-0.05, 0) is 30.0 Å². The quantitative estimate of drug-likeness (QED) is 0.651. The molecule has 5 heteroatoms. The number of nitro benzene ring substituents is 1. The maximum absolute atomic E-state index is 10.8. The topological polar surface area (TPSA) is 68.1 Å². The third-order valence-electron chi connectivity index (χ3n) is 3.66. The second-order valence-electron chi connectivity index (χ2n) is 5.74. The molecule has 0 saturated carbocycles. The lowest BCUT2D eigenvalue weighted by molar-refractivity contribution is -0.384. The Balaban J connectivity index is 2.15. The molecule has 0 aliphatic rings. The number of non-ortho nitro benzene ring substituents is 1. The van der Waals surface area contributed by atoms with E-state index in [4.69, 9.17) is 0 Å². The molecule has 1 unspecified atom stereocenters. The second-order valence-corrected chi connectivity index (χ2v) is 5.74. The first-order valence-corrected chi connectivity index (χ1v) is 7.37. The summed E-state index contributed by atoms with van der Waals surface area (Å²) in [7, 11) is 0. The average Bonchev–Trinajstić information content (AvgIpc) is 2.49. The van der Waals surface area contributed by atoms with Gasteiger partial charge in [-0.15, -0.1) is 0 Å². The molecule has 22 heavy (non-hydrogen) atoms. The Morgan fingerprint density at radius 3 is 2.68 bits per heavy atom. The van der Waals surface area contributed by atoms with Crippen LogP contribution in [-0.4, -0.2) is 9.91 Å². The molecular weight excluding hydrogens is 278 g/mol. The zero-order valence-corrected chi connectivity index (χ0v) is 13.1. The molecule has 0 bridgehead atoms. The predicted octanol–water partition coefficient (Wildman–Crippen LogP) is 3.79. The number of nitro groups is 1. The van der Waals surface area contributed by atoms with Crippen molar-refractivity contribution in [3.8, 4) is 0 Å². The number of nitrogens with zero attached hydrogens (tertiary/aromatic N) is 2. The molecule has 5 nitrogen and oxygen atoms in total. The SMILES string of the molecule is Cc1cccnc1C(NCc1cccc([N+](=O)[O-])c1)C(C)C. The highest BCUT2D eigenvalue weighted by atomic mass is 16.6. The largest absolute Gasteiger partial charge is 0.304 e. The Hall–Kier alpha value is -2.27. The summed E-state index contributed by atoms with van der Waals surface area (Å²) in [6, 6.07) is 10.8. The summed E-state index contributed by atoms with van der Waals surface area (Å²) in [4.78, 5) is 15.0. The number of aryl methyl sites for hydroxylation is 1. The van der Waals surface area contributed by atoms with E-state index in [1.165, 1.54) is 6.07 Å². The van der Waals surface area contributed by atoms with Crippen LogP contribution in [0.5, 0.6) is 0 Å². The van der Waals surface area contributed by atoms with Gasteiger partial charge < -0.3 is 5.32 Å². The van der Waals surface area contributed by atoms with E-state index in [2.05, 4.69) is 24.1 Å². The van der Waals surface area contributed by atoms with Crippen molar-refractivity contribution in [2.24, 2.45) is 5.92 Å². The lowest BCUT2D eigenvalue weighted by Crippen LogP contribution is -2.27. The predicted molar refractivity (Wildman–Crippen MR) is 86.5 cm³/mol. The van der Waals surface area contributed by atoms with Crippen molar-refractivity contribution in [3.05, 3.63) is 69.5 Å². The molecule has 2 rings (SSSR count). The van der Waals surface area contributed by atoms with Crippen LogP contribution in [0, 0.1) is 23.0 Å². The Bertz CT molecular complexity index is 656. The van der Waals surface area contributed by atoms with Gasteiger partial charge in [0.2, 0.25) is 0 Å². The van der Waals surface area contributed by atoms with Gasteiger partial charge in [0.25, 0.3) is 5.69 Å². The Morgan fingerprint density at radius 2 is 2.05 bits per heavy atom. The summed E-state index contributed by atoms with van der Waals surface area (Å²) in [5.41, 5.74) is 3.19. The fraction of sp³-hybridized carbons (Fsp3) is 0.353. The maximum atomic E-state index is 10.8. The van der Waals surface area contributed by atoms with Crippen LogP contribution in [0.4, 0.5) is 5.69 Å². The minimum absolute atomic E-state index is 0.112. The number of hydrogen-bond donors (Lipinski definition) is 1. The van der Waals surface area contributed by atoms with Gasteiger partial charge in [0.05, 0.1) is 16.7 Å². The van der Waals surface area contributed by atoms with Crippen molar-refractivity contribution in [2.75, 3.05) is 0 Å². The van der Waals surface area contributed by atoms with Crippen LogP contribution >= 0.6 is 0 Å². The highest BCUT2D eigenvalue weighted by Gasteiger charge is 2.18. The molecule has 0 saturated heterocycles. The molecule has 0 aliphatic carbocycles. The number of hydrogen-bond acceptors (Lipinski definition) is 4. The zero-order chi connectivity index (χ0) is 16.1. The van der Waals surface area contributed by atoms with E-state index in [1.807, 2.05) is 25.1 Å². The molecule has 1 aromatic heterocycles. The molecule has 1 heterocycles. The van der Waals surface area contributed by atoms with E-state index in [0.29, 0.717) is 12.5 Å². The third kappa shape index (κ3) is 3.89. The van der Waals surface area contributed by atoms with E-state index in [9.17, 15) is 10.1 Å².